The SMILES string of the molecule is O=Nc1nc2ocnc2o1. The molecule has 0 N–H and O–H groups in total. The second-order valence-corrected chi connectivity index (χ2v) is 1.55. The van der Waals surface area contributed by atoms with Gasteiger partial charge in [0.1, 0.15) is 0 Å². The first-order chi connectivity index (χ1) is 4.90. The van der Waals surface area contributed by atoms with Crippen LogP contribution < -0.4 is 0 Å². The Balaban J connectivity index is 2.78. The van der Waals surface area contributed by atoms with Gasteiger partial charge in [0.25, 0.3) is 11.4 Å². The lowest BCUT2D eigenvalue weighted by Crippen LogP contribution is -1.56. The van der Waals surface area contributed by atoms with Crippen LogP contribution in [-0.4, -0.2) is 9.97 Å². The molecule has 0 amide bonds. The summed E-state index contributed by atoms with van der Waals surface area (Å²) in [7, 11) is 0. The van der Waals surface area contributed by atoms with Gasteiger partial charge in [0.05, 0.1) is 0 Å². The third-order valence-electron chi connectivity index (χ3n) is 0.980. The maximum absolute atomic E-state index is 9.80. The van der Waals surface area contributed by atoms with Gasteiger partial charge in [-0.25, -0.2) is 0 Å². The Morgan fingerprint density at radius 2 is 2.40 bits per heavy atom. The molecule has 2 heterocycles. The third kappa shape index (κ3) is 0.524. The zero-order chi connectivity index (χ0) is 6.97. The van der Waals surface area contributed by atoms with Gasteiger partial charge < -0.3 is 8.83 Å². The maximum atomic E-state index is 9.80. The average Bonchev–Trinajstić information content (AvgIpc) is 2.42. The Bertz CT molecular complexity index is 334. The lowest BCUT2D eigenvalue weighted by Gasteiger charge is -1.68. The highest BCUT2D eigenvalue weighted by molar-refractivity contribution is 5.61. The first kappa shape index (κ1) is 5.10. The molecule has 50 valence electrons. The van der Waals surface area contributed by atoms with Gasteiger partial charge in [0, 0.05) is 5.18 Å². The predicted octanol–water partition coefficient (Wildman–Crippen LogP) is 1.21. The zero-order valence-electron chi connectivity index (χ0n) is 4.64. The van der Waals surface area contributed by atoms with Gasteiger partial charge in [-0.2, -0.15) is 9.97 Å². The number of hydrogen-bond donors (Lipinski definition) is 0. The molecule has 0 aliphatic heterocycles. The first-order valence-electron chi connectivity index (χ1n) is 2.43. The standard InChI is InChI=1S/C4HN3O3/c8-7-4-6-3-2(10-4)5-1-9-3/h1H. The van der Waals surface area contributed by atoms with Crippen LogP contribution >= 0.6 is 0 Å². The average molecular weight is 139 g/mol. The molecule has 0 spiro atoms. The minimum absolute atomic E-state index is 0.189. The van der Waals surface area contributed by atoms with Gasteiger partial charge in [-0.1, -0.05) is 0 Å². The summed E-state index contributed by atoms with van der Waals surface area (Å²) in [6.07, 6.45) is 1.18. The second kappa shape index (κ2) is 1.63. The van der Waals surface area contributed by atoms with Gasteiger partial charge in [0.15, 0.2) is 6.39 Å². The quantitative estimate of drug-likeness (QED) is 0.554. The van der Waals surface area contributed by atoms with Crippen LogP contribution in [0.5, 0.6) is 0 Å². The van der Waals surface area contributed by atoms with Crippen LogP contribution in [0.4, 0.5) is 6.01 Å². The smallest absolute Gasteiger partial charge is 0.366 e. The van der Waals surface area contributed by atoms with Crippen molar-refractivity contribution in [3.63, 3.8) is 0 Å². The molecule has 0 aliphatic carbocycles. The lowest BCUT2D eigenvalue weighted by atomic mass is 10.8. The molecule has 2 rings (SSSR count). The number of nitroso groups, excluding NO2 is 1. The van der Waals surface area contributed by atoms with Crippen molar-refractivity contribution >= 4 is 17.4 Å². The van der Waals surface area contributed by atoms with Crippen molar-refractivity contribution in [2.75, 3.05) is 0 Å². The van der Waals surface area contributed by atoms with Crippen molar-refractivity contribution in [2.24, 2.45) is 5.18 Å². The normalized spacial score (nSPS) is 10.4. The van der Waals surface area contributed by atoms with Crippen molar-refractivity contribution in [1.82, 2.24) is 9.97 Å². The summed E-state index contributed by atoms with van der Waals surface area (Å²) in [5, 5.41) is 2.45. The molecule has 10 heavy (non-hydrogen) atoms. The maximum Gasteiger partial charge on any atom is 0.366 e. The fourth-order valence-corrected chi connectivity index (χ4v) is 0.609. The van der Waals surface area contributed by atoms with E-state index in [1.807, 2.05) is 0 Å². The van der Waals surface area contributed by atoms with Crippen LogP contribution in [0.3, 0.4) is 0 Å². The summed E-state index contributed by atoms with van der Waals surface area (Å²) in [5.74, 6) is 0. The van der Waals surface area contributed by atoms with E-state index in [-0.39, 0.29) is 17.4 Å². The van der Waals surface area contributed by atoms with Gasteiger partial charge in [-0.05, 0) is 0 Å². The summed E-state index contributed by atoms with van der Waals surface area (Å²) in [6, 6.07) is -0.262. The molecule has 2 aromatic heterocycles. The molecule has 0 aromatic carbocycles. The molecule has 0 atom stereocenters. The number of nitrogens with zero attached hydrogens (tertiary/aromatic N) is 3. The van der Waals surface area contributed by atoms with E-state index in [4.69, 9.17) is 0 Å². The molecular formula is C4HN3O3. The van der Waals surface area contributed by atoms with Crippen molar-refractivity contribution < 1.29 is 8.83 Å². The summed E-state index contributed by atoms with van der Waals surface area (Å²) < 4.78 is 9.35. The molecule has 0 aliphatic rings. The van der Waals surface area contributed by atoms with E-state index in [9.17, 15) is 4.91 Å². The van der Waals surface area contributed by atoms with Crippen molar-refractivity contribution in [2.45, 2.75) is 0 Å². The highest BCUT2D eigenvalue weighted by Crippen LogP contribution is 2.17. The van der Waals surface area contributed by atoms with Crippen LogP contribution in [0.15, 0.2) is 20.4 Å². The number of rotatable bonds is 1. The fourth-order valence-electron chi connectivity index (χ4n) is 0.609. The van der Waals surface area contributed by atoms with E-state index in [0.29, 0.717) is 0 Å². The highest BCUT2D eigenvalue weighted by Gasteiger charge is 2.08. The van der Waals surface area contributed by atoms with E-state index in [2.05, 4.69) is 24.0 Å². The molecule has 0 saturated carbocycles. The van der Waals surface area contributed by atoms with Gasteiger partial charge in [-0.15, -0.1) is 4.91 Å². The van der Waals surface area contributed by atoms with Gasteiger partial charge in [-0.3, -0.25) is 0 Å². The molecule has 6 heteroatoms. The fraction of sp³-hybridized carbons (Fsp3) is 0. The van der Waals surface area contributed by atoms with E-state index < -0.39 is 0 Å². The first-order valence-corrected chi connectivity index (χ1v) is 2.43. The van der Waals surface area contributed by atoms with Crippen molar-refractivity contribution in [1.29, 1.82) is 0 Å². The monoisotopic (exact) mass is 139 g/mol. The number of aromatic nitrogens is 2. The molecule has 6 nitrogen and oxygen atoms in total. The van der Waals surface area contributed by atoms with E-state index in [1.165, 1.54) is 6.39 Å². The number of hydrogen-bond acceptors (Lipinski definition) is 6. The summed E-state index contributed by atoms with van der Waals surface area (Å²) in [5.41, 5.74) is 0.379. The third-order valence-corrected chi connectivity index (χ3v) is 0.980. The van der Waals surface area contributed by atoms with E-state index in [1.54, 1.807) is 0 Å². The Hall–Kier alpha value is -1.72. The molecular weight excluding hydrogens is 138 g/mol. The summed E-state index contributed by atoms with van der Waals surface area (Å²) in [6.45, 7) is 0. The Kier molecular flexibility index (Phi) is 0.830. The Labute approximate surface area is 53.8 Å². The zero-order valence-corrected chi connectivity index (χ0v) is 4.64. The largest absolute Gasteiger partial charge is 0.422 e. The van der Waals surface area contributed by atoms with Crippen LogP contribution in [0.2, 0.25) is 0 Å². The van der Waals surface area contributed by atoms with Gasteiger partial charge >= 0.3 is 6.01 Å². The van der Waals surface area contributed by atoms with Crippen LogP contribution in [-0.2, 0) is 0 Å². The number of oxazole rings is 2. The van der Waals surface area contributed by atoms with Crippen LogP contribution in [0.1, 0.15) is 0 Å². The molecule has 0 saturated heterocycles. The van der Waals surface area contributed by atoms with Crippen molar-refractivity contribution in [3.8, 4) is 0 Å². The Morgan fingerprint density at radius 1 is 1.50 bits per heavy atom. The minimum Gasteiger partial charge on any atom is -0.422 e. The van der Waals surface area contributed by atoms with Crippen molar-refractivity contribution in [3.05, 3.63) is 11.3 Å². The van der Waals surface area contributed by atoms with E-state index in [0.717, 1.165) is 0 Å². The number of fused-ring (bicyclic) bond motifs is 1. The molecule has 2 aromatic rings. The van der Waals surface area contributed by atoms with Gasteiger partial charge in [0.2, 0.25) is 0 Å². The molecule has 0 unspecified atom stereocenters. The minimum atomic E-state index is -0.262. The Morgan fingerprint density at radius 3 is 3.10 bits per heavy atom. The predicted molar refractivity (Wildman–Crippen MR) is 29.5 cm³/mol. The molecule has 0 fully saturated rings. The summed E-state index contributed by atoms with van der Waals surface area (Å²) in [4.78, 5) is 16.9. The molecule has 0 bridgehead atoms. The highest BCUT2D eigenvalue weighted by atomic mass is 16.4. The van der Waals surface area contributed by atoms with E-state index >= 15 is 0 Å². The van der Waals surface area contributed by atoms with Crippen LogP contribution in [0.25, 0.3) is 11.4 Å². The second-order valence-electron chi connectivity index (χ2n) is 1.55. The topological polar surface area (TPSA) is 81.5 Å². The molecule has 0 radical (unpaired) electrons. The summed E-state index contributed by atoms with van der Waals surface area (Å²) >= 11 is 0. The lowest BCUT2D eigenvalue weighted by molar-refractivity contribution is 0.581. The van der Waals surface area contributed by atoms with Crippen LogP contribution in [0, 0.1) is 4.91 Å².